The average molecular weight is 438 g/mol. The van der Waals surface area contributed by atoms with Crippen LogP contribution in [-0.4, -0.2) is 48.7 Å². The predicted molar refractivity (Wildman–Crippen MR) is 106 cm³/mol. The van der Waals surface area contributed by atoms with E-state index in [2.05, 4.69) is 15.6 Å². The third-order valence-electron chi connectivity index (χ3n) is 5.16. The Morgan fingerprint density at radius 3 is 2.45 bits per heavy atom. The van der Waals surface area contributed by atoms with Gasteiger partial charge in [0.2, 0.25) is 0 Å². The first-order chi connectivity index (χ1) is 14.7. The zero-order valence-electron chi connectivity index (χ0n) is 16.7. The van der Waals surface area contributed by atoms with Crippen LogP contribution in [0.4, 0.5) is 23.4 Å². The number of amides is 2. The molecule has 0 aliphatic carbocycles. The largest absolute Gasteiger partial charge is 0.471 e. The van der Waals surface area contributed by atoms with Gasteiger partial charge in [-0.3, -0.25) is 9.59 Å². The molecular weight excluding hydrogens is 416 g/mol. The molecule has 0 radical (unpaired) electrons. The minimum absolute atomic E-state index is 0.0807. The van der Waals surface area contributed by atoms with Crippen LogP contribution in [0.2, 0.25) is 0 Å². The van der Waals surface area contributed by atoms with Gasteiger partial charge in [-0.15, -0.1) is 0 Å². The van der Waals surface area contributed by atoms with E-state index in [1.54, 1.807) is 24.0 Å². The number of rotatable bonds is 5. The quantitative estimate of drug-likeness (QED) is 0.704. The van der Waals surface area contributed by atoms with Crippen LogP contribution in [-0.2, 0) is 4.79 Å². The highest BCUT2D eigenvalue weighted by atomic mass is 19.4. The Bertz CT molecular complexity index is 916. The molecule has 2 atom stereocenters. The van der Waals surface area contributed by atoms with Gasteiger partial charge in [-0.05, 0) is 43.2 Å². The van der Waals surface area contributed by atoms with Crippen molar-refractivity contribution in [3.05, 3.63) is 59.5 Å². The molecular formula is C21H22F4N4O2. The van der Waals surface area contributed by atoms with E-state index >= 15 is 0 Å². The van der Waals surface area contributed by atoms with Crippen LogP contribution in [0.3, 0.4) is 0 Å². The molecule has 6 nitrogen and oxygen atoms in total. The lowest BCUT2D eigenvalue weighted by Crippen LogP contribution is -2.54. The molecule has 1 saturated heterocycles. The number of alkyl halides is 3. The second-order valence-electron chi connectivity index (χ2n) is 7.23. The summed E-state index contributed by atoms with van der Waals surface area (Å²) in [6, 6.07) is 7.86. The number of aromatic nitrogens is 1. The van der Waals surface area contributed by atoms with Crippen molar-refractivity contribution in [2.45, 2.75) is 31.5 Å². The highest BCUT2D eigenvalue weighted by Crippen LogP contribution is 2.31. The summed E-state index contributed by atoms with van der Waals surface area (Å²) >= 11 is 0. The lowest BCUT2D eigenvalue weighted by atomic mass is 9.85. The van der Waals surface area contributed by atoms with Crippen LogP contribution in [0.25, 0.3) is 0 Å². The third kappa shape index (κ3) is 5.50. The van der Waals surface area contributed by atoms with Gasteiger partial charge in [0.15, 0.2) is 0 Å². The van der Waals surface area contributed by atoms with Crippen molar-refractivity contribution in [1.29, 1.82) is 0 Å². The molecule has 3 rings (SSSR count). The number of benzene rings is 1. The number of carbonyl (C=O) groups is 2. The van der Waals surface area contributed by atoms with Crippen molar-refractivity contribution in [3.8, 4) is 0 Å². The molecule has 0 spiro atoms. The van der Waals surface area contributed by atoms with Crippen LogP contribution in [0.15, 0.2) is 42.6 Å². The monoisotopic (exact) mass is 438 g/mol. The van der Waals surface area contributed by atoms with Gasteiger partial charge in [-0.25, -0.2) is 9.37 Å². The molecule has 166 valence electrons. The number of halogens is 4. The van der Waals surface area contributed by atoms with E-state index in [1.165, 1.54) is 30.5 Å². The van der Waals surface area contributed by atoms with E-state index in [4.69, 9.17) is 0 Å². The van der Waals surface area contributed by atoms with Crippen molar-refractivity contribution in [1.82, 2.24) is 15.6 Å². The van der Waals surface area contributed by atoms with Crippen molar-refractivity contribution in [2.24, 2.45) is 0 Å². The first-order valence-corrected chi connectivity index (χ1v) is 9.81. The molecule has 2 unspecified atom stereocenters. The van der Waals surface area contributed by atoms with E-state index in [0.29, 0.717) is 36.5 Å². The molecule has 0 saturated carbocycles. The average Bonchev–Trinajstić information content (AvgIpc) is 2.74. The van der Waals surface area contributed by atoms with Crippen LogP contribution in [0.5, 0.6) is 0 Å². The Morgan fingerprint density at radius 1 is 1.16 bits per heavy atom. The van der Waals surface area contributed by atoms with Crippen molar-refractivity contribution < 1.29 is 27.2 Å². The van der Waals surface area contributed by atoms with Gasteiger partial charge >= 0.3 is 12.1 Å². The van der Waals surface area contributed by atoms with Crippen LogP contribution in [0, 0.1) is 5.82 Å². The summed E-state index contributed by atoms with van der Waals surface area (Å²) in [5.74, 6) is -2.68. The maximum absolute atomic E-state index is 13.3. The maximum Gasteiger partial charge on any atom is 0.471 e. The first kappa shape index (κ1) is 22.5. The van der Waals surface area contributed by atoms with E-state index in [-0.39, 0.29) is 12.5 Å². The maximum atomic E-state index is 13.3. The third-order valence-corrected chi connectivity index (χ3v) is 5.16. The summed E-state index contributed by atoms with van der Waals surface area (Å²) in [7, 11) is 0. The van der Waals surface area contributed by atoms with Gasteiger partial charge in [0, 0.05) is 31.7 Å². The Labute approximate surface area is 176 Å². The number of hydrogen-bond acceptors (Lipinski definition) is 4. The van der Waals surface area contributed by atoms with Gasteiger partial charge in [0.05, 0.1) is 11.6 Å². The number of carbonyl (C=O) groups excluding carboxylic acids is 2. The fourth-order valence-electron chi connectivity index (χ4n) is 3.64. The molecule has 2 N–H and O–H groups in total. The minimum Gasteiger partial charge on any atom is -0.355 e. The second-order valence-corrected chi connectivity index (χ2v) is 7.23. The Hall–Kier alpha value is -3.17. The highest BCUT2D eigenvalue weighted by molar-refractivity contribution is 5.94. The van der Waals surface area contributed by atoms with Crippen molar-refractivity contribution >= 4 is 17.6 Å². The zero-order valence-corrected chi connectivity index (χ0v) is 16.7. The molecule has 31 heavy (non-hydrogen) atoms. The van der Waals surface area contributed by atoms with E-state index < -0.39 is 29.9 Å². The fraction of sp³-hybridized carbons (Fsp3) is 0.381. The predicted octanol–water partition coefficient (Wildman–Crippen LogP) is 3.01. The number of anilines is 1. The molecule has 1 aliphatic rings. The topological polar surface area (TPSA) is 74.3 Å². The Kier molecular flexibility index (Phi) is 6.77. The molecule has 1 fully saturated rings. The number of nitrogens with one attached hydrogen (secondary N) is 2. The second kappa shape index (κ2) is 9.32. The van der Waals surface area contributed by atoms with Crippen LogP contribution < -0.4 is 15.5 Å². The normalized spacial score (nSPS) is 19.1. The molecule has 1 aromatic heterocycles. The van der Waals surface area contributed by atoms with Gasteiger partial charge in [0.1, 0.15) is 11.6 Å². The Morgan fingerprint density at radius 2 is 1.87 bits per heavy atom. The van der Waals surface area contributed by atoms with E-state index in [9.17, 15) is 27.2 Å². The van der Waals surface area contributed by atoms with Crippen molar-refractivity contribution in [2.75, 3.05) is 24.5 Å². The summed E-state index contributed by atoms with van der Waals surface area (Å²) < 4.78 is 51.9. The molecule has 0 bridgehead atoms. The molecule has 10 heteroatoms. The van der Waals surface area contributed by atoms with Crippen LogP contribution >= 0.6 is 0 Å². The molecule has 1 aliphatic heterocycles. The fourth-order valence-corrected chi connectivity index (χ4v) is 3.64. The lowest BCUT2D eigenvalue weighted by molar-refractivity contribution is -0.174. The Balaban J connectivity index is 1.80. The smallest absolute Gasteiger partial charge is 0.355 e. The molecule has 2 heterocycles. The number of hydrogen-bond donors (Lipinski definition) is 2. The van der Waals surface area contributed by atoms with Crippen LogP contribution in [0.1, 0.15) is 35.2 Å². The first-order valence-electron chi connectivity index (χ1n) is 9.81. The minimum atomic E-state index is -5.01. The molecule has 1 aromatic carbocycles. The summed E-state index contributed by atoms with van der Waals surface area (Å²) in [5.41, 5.74) is 1.02. The zero-order chi connectivity index (χ0) is 22.6. The number of nitrogens with zero attached hydrogens (tertiary/aromatic N) is 2. The molecule has 2 amide bonds. The lowest BCUT2D eigenvalue weighted by Gasteiger charge is -2.40. The SMILES string of the molecule is CCNC(=O)c1ccc(N2CCC(c3ccc(F)cc3)C(NC(=O)C(F)(F)F)C2)nc1. The summed E-state index contributed by atoms with van der Waals surface area (Å²) in [6.07, 6.45) is -3.19. The van der Waals surface area contributed by atoms with E-state index in [1.807, 2.05) is 0 Å². The summed E-state index contributed by atoms with van der Waals surface area (Å²) in [5, 5.41) is 4.74. The van der Waals surface area contributed by atoms with Gasteiger partial charge in [-0.2, -0.15) is 13.2 Å². The summed E-state index contributed by atoms with van der Waals surface area (Å²) in [4.78, 5) is 29.5. The number of pyridine rings is 1. The van der Waals surface area contributed by atoms with Gasteiger partial charge in [-0.1, -0.05) is 12.1 Å². The molecule has 2 aromatic rings. The van der Waals surface area contributed by atoms with E-state index in [0.717, 1.165) is 0 Å². The van der Waals surface area contributed by atoms with Gasteiger partial charge < -0.3 is 15.5 Å². The highest BCUT2D eigenvalue weighted by Gasteiger charge is 2.42. The van der Waals surface area contributed by atoms with Crippen molar-refractivity contribution in [3.63, 3.8) is 0 Å². The van der Waals surface area contributed by atoms with Gasteiger partial charge in [0.25, 0.3) is 5.91 Å². The standard InChI is InChI=1S/C21H22F4N4O2/c1-2-26-19(30)14-5-8-18(27-11-14)29-10-9-16(13-3-6-15(22)7-4-13)17(12-29)28-20(31)21(23,24)25/h3-8,11,16-17H,2,9-10,12H2,1H3,(H,26,30)(H,28,31). The summed E-state index contributed by atoms with van der Waals surface area (Å²) in [6.45, 7) is 2.81. The number of piperidine rings is 1.